The number of aryl methyl sites for hydroxylation is 2. The van der Waals surface area contributed by atoms with Gasteiger partial charge in [0.2, 0.25) is 6.79 Å². The smallest absolute Gasteiger partial charge is 0.306 e. The number of benzene rings is 1. The van der Waals surface area contributed by atoms with Crippen LogP contribution in [0.2, 0.25) is 0 Å². The summed E-state index contributed by atoms with van der Waals surface area (Å²) in [5, 5.41) is 6.60. The van der Waals surface area contributed by atoms with E-state index >= 15 is 0 Å². The Kier molecular flexibility index (Phi) is 5.63. The first kappa shape index (κ1) is 18.8. The lowest BCUT2D eigenvalue weighted by molar-refractivity contribution is -0.154. The molecule has 1 aliphatic heterocycles. The maximum atomic E-state index is 12.2. The number of rotatable bonds is 7. The molecule has 27 heavy (non-hydrogen) atoms. The normalized spacial score (nSPS) is 13.3. The van der Waals surface area contributed by atoms with Crippen LogP contribution in [0, 0.1) is 13.8 Å². The molecule has 2 aromatic rings. The minimum absolute atomic E-state index is 0.155. The van der Waals surface area contributed by atoms with Crippen LogP contribution in [0.15, 0.2) is 22.7 Å². The Labute approximate surface area is 156 Å². The molecule has 0 fully saturated rings. The Bertz CT molecular complexity index is 825. The van der Waals surface area contributed by atoms with Gasteiger partial charge < -0.3 is 24.1 Å². The van der Waals surface area contributed by atoms with Gasteiger partial charge in [0.15, 0.2) is 17.6 Å². The van der Waals surface area contributed by atoms with E-state index in [0.717, 1.165) is 16.8 Å². The third-order valence-electron chi connectivity index (χ3n) is 4.34. The molecule has 0 unspecified atom stereocenters. The highest BCUT2D eigenvalue weighted by molar-refractivity contribution is 5.83. The fourth-order valence-electron chi connectivity index (χ4n) is 2.78. The van der Waals surface area contributed by atoms with E-state index in [2.05, 4.69) is 10.5 Å². The summed E-state index contributed by atoms with van der Waals surface area (Å²) in [6.07, 6.45) is -0.259. The number of nitrogens with one attached hydrogen (secondary N) is 1. The van der Waals surface area contributed by atoms with Gasteiger partial charge in [-0.15, -0.1) is 0 Å². The van der Waals surface area contributed by atoms with Crippen LogP contribution < -0.4 is 14.8 Å². The Balaban J connectivity index is 1.44. The fourth-order valence-corrected chi connectivity index (χ4v) is 2.78. The first-order valence-electron chi connectivity index (χ1n) is 8.71. The van der Waals surface area contributed by atoms with Crippen molar-refractivity contribution in [3.63, 3.8) is 0 Å². The first-order valence-corrected chi connectivity index (χ1v) is 8.71. The van der Waals surface area contributed by atoms with Crippen molar-refractivity contribution in [3.8, 4) is 11.5 Å². The van der Waals surface area contributed by atoms with Gasteiger partial charge in [-0.05, 0) is 44.9 Å². The van der Waals surface area contributed by atoms with Crippen molar-refractivity contribution in [2.45, 2.75) is 46.3 Å². The molecule has 1 aliphatic rings. The maximum Gasteiger partial charge on any atom is 0.306 e. The number of aromatic nitrogens is 1. The van der Waals surface area contributed by atoms with Gasteiger partial charge in [-0.2, -0.15) is 0 Å². The van der Waals surface area contributed by atoms with E-state index < -0.39 is 12.1 Å². The number of hydrogen-bond acceptors (Lipinski definition) is 7. The Morgan fingerprint density at radius 1 is 1.26 bits per heavy atom. The molecule has 0 aliphatic carbocycles. The van der Waals surface area contributed by atoms with Gasteiger partial charge in [-0.1, -0.05) is 11.2 Å². The van der Waals surface area contributed by atoms with E-state index in [9.17, 15) is 9.59 Å². The highest BCUT2D eigenvalue weighted by atomic mass is 16.7. The molecule has 0 radical (unpaired) electrons. The summed E-state index contributed by atoms with van der Waals surface area (Å²) in [6.45, 7) is 5.67. The molecule has 1 aromatic carbocycles. The van der Waals surface area contributed by atoms with Crippen molar-refractivity contribution in [2.24, 2.45) is 0 Å². The van der Waals surface area contributed by atoms with E-state index in [0.29, 0.717) is 30.2 Å². The molecule has 0 saturated heterocycles. The molecule has 3 rings (SSSR count). The average molecular weight is 374 g/mol. The van der Waals surface area contributed by atoms with Crippen LogP contribution >= 0.6 is 0 Å². The van der Waals surface area contributed by atoms with Gasteiger partial charge in [0, 0.05) is 18.5 Å². The lowest BCUT2D eigenvalue weighted by Crippen LogP contribution is -2.35. The minimum Gasteiger partial charge on any atom is -0.454 e. The Hall–Kier alpha value is -3.03. The third-order valence-corrected chi connectivity index (χ3v) is 4.34. The van der Waals surface area contributed by atoms with Crippen molar-refractivity contribution in [3.05, 3.63) is 40.8 Å². The number of nitrogens with zero attached hydrogens (tertiary/aromatic N) is 1. The van der Waals surface area contributed by atoms with Crippen LogP contribution in [0.25, 0.3) is 0 Å². The second-order valence-corrected chi connectivity index (χ2v) is 6.34. The van der Waals surface area contributed by atoms with E-state index in [1.165, 1.54) is 0 Å². The lowest BCUT2D eigenvalue weighted by atomic mass is 10.1. The topological polar surface area (TPSA) is 99.9 Å². The predicted molar refractivity (Wildman–Crippen MR) is 94.3 cm³/mol. The van der Waals surface area contributed by atoms with Gasteiger partial charge in [0.25, 0.3) is 5.91 Å². The largest absolute Gasteiger partial charge is 0.454 e. The van der Waals surface area contributed by atoms with Crippen LogP contribution in [-0.4, -0.2) is 29.9 Å². The van der Waals surface area contributed by atoms with Crippen LogP contribution in [0.5, 0.6) is 11.5 Å². The Morgan fingerprint density at radius 2 is 2.04 bits per heavy atom. The van der Waals surface area contributed by atoms with E-state index in [4.69, 9.17) is 18.7 Å². The molecular weight excluding hydrogens is 352 g/mol. The molecule has 0 saturated carbocycles. The van der Waals surface area contributed by atoms with E-state index in [-0.39, 0.29) is 19.1 Å². The van der Waals surface area contributed by atoms with Gasteiger partial charge in [0.05, 0.1) is 5.69 Å². The SMILES string of the molecule is Cc1noc(C)c1CCC(=O)O[C@@H](C)C(=O)NCc1ccc2c(c1)OCO2. The van der Waals surface area contributed by atoms with E-state index in [1.54, 1.807) is 19.9 Å². The monoisotopic (exact) mass is 374 g/mol. The molecule has 1 aromatic heterocycles. The van der Waals surface area contributed by atoms with Gasteiger partial charge >= 0.3 is 5.97 Å². The van der Waals surface area contributed by atoms with Gasteiger partial charge in [-0.25, -0.2) is 0 Å². The molecule has 1 N–H and O–H groups in total. The first-order chi connectivity index (χ1) is 12.9. The summed E-state index contributed by atoms with van der Waals surface area (Å²) in [4.78, 5) is 24.2. The molecule has 0 bridgehead atoms. The summed E-state index contributed by atoms with van der Waals surface area (Å²) in [6, 6.07) is 5.44. The van der Waals surface area contributed by atoms with Crippen molar-refractivity contribution < 1.29 is 28.3 Å². The average Bonchev–Trinajstić information content (AvgIpc) is 3.24. The summed E-state index contributed by atoms with van der Waals surface area (Å²) >= 11 is 0. The number of carbonyl (C=O) groups excluding carboxylic acids is 2. The zero-order chi connectivity index (χ0) is 19.4. The summed E-state index contributed by atoms with van der Waals surface area (Å²) in [5.41, 5.74) is 2.52. The lowest BCUT2D eigenvalue weighted by Gasteiger charge is -2.13. The number of ether oxygens (including phenoxy) is 3. The molecule has 1 amide bonds. The molecule has 8 nitrogen and oxygen atoms in total. The highest BCUT2D eigenvalue weighted by Crippen LogP contribution is 2.32. The molecule has 0 spiro atoms. The molecule has 2 heterocycles. The van der Waals surface area contributed by atoms with Crippen LogP contribution in [0.3, 0.4) is 0 Å². The maximum absolute atomic E-state index is 12.2. The number of fused-ring (bicyclic) bond motifs is 1. The predicted octanol–water partition coefficient (Wildman–Crippen LogP) is 2.20. The summed E-state index contributed by atoms with van der Waals surface area (Å²) in [7, 11) is 0. The third kappa shape index (κ3) is 4.58. The van der Waals surface area contributed by atoms with Crippen molar-refractivity contribution >= 4 is 11.9 Å². The van der Waals surface area contributed by atoms with E-state index in [1.807, 2.05) is 19.1 Å². The fraction of sp³-hybridized carbons (Fsp3) is 0.421. The summed E-state index contributed by atoms with van der Waals surface area (Å²) in [5.74, 6) is 1.22. The zero-order valence-electron chi connectivity index (χ0n) is 15.5. The second kappa shape index (κ2) is 8.11. The standard InChI is InChI=1S/C19H22N2O6/c1-11-15(12(2)27-21-11)5-7-18(22)26-13(3)19(23)20-9-14-4-6-16-17(8-14)25-10-24-16/h4,6,8,13H,5,7,9-10H2,1-3H3,(H,20,23)/t13-/m0/s1. The van der Waals surface area contributed by atoms with Gasteiger partial charge in [0.1, 0.15) is 5.76 Å². The molecular formula is C19H22N2O6. The molecule has 1 atom stereocenters. The number of amides is 1. The molecule has 144 valence electrons. The second-order valence-electron chi connectivity index (χ2n) is 6.34. The van der Waals surface area contributed by atoms with Crippen molar-refractivity contribution in [1.29, 1.82) is 0 Å². The van der Waals surface area contributed by atoms with Crippen LogP contribution in [0.4, 0.5) is 0 Å². The van der Waals surface area contributed by atoms with Crippen LogP contribution in [0.1, 0.15) is 35.9 Å². The zero-order valence-corrected chi connectivity index (χ0v) is 15.5. The Morgan fingerprint density at radius 3 is 2.78 bits per heavy atom. The van der Waals surface area contributed by atoms with Crippen LogP contribution in [-0.2, 0) is 27.3 Å². The number of hydrogen-bond donors (Lipinski definition) is 1. The number of esters is 1. The van der Waals surface area contributed by atoms with Crippen molar-refractivity contribution in [2.75, 3.05) is 6.79 Å². The van der Waals surface area contributed by atoms with Crippen molar-refractivity contribution in [1.82, 2.24) is 10.5 Å². The quantitative estimate of drug-likeness (QED) is 0.742. The van der Waals surface area contributed by atoms with Gasteiger partial charge in [-0.3, -0.25) is 9.59 Å². The molecule has 8 heteroatoms. The summed E-state index contributed by atoms with van der Waals surface area (Å²) < 4.78 is 20.8. The number of carbonyl (C=O) groups is 2. The highest BCUT2D eigenvalue weighted by Gasteiger charge is 2.19. The minimum atomic E-state index is -0.879.